The molecule has 25 heavy (non-hydrogen) atoms. The molecule has 1 aromatic carbocycles. The van der Waals surface area contributed by atoms with Gasteiger partial charge >= 0.3 is 12.1 Å². The number of piperidine rings is 1. The van der Waals surface area contributed by atoms with E-state index in [1.54, 1.807) is 4.90 Å². The summed E-state index contributed by atoms with van der Waals surface area (Å²) in [6, 6.07) is 8.01. The topological polar surface area (TPSA) is 55.8 Å². The second kappa shape index (κ2) is 7.89. The SMILES string of the molecule is CCOC(=O)C1CCN(C(=O)OC(C)(C)C)CC1c1ccccc1C. The van der Waals surface area contributed by atoms with Crippen molar-refractivity contribution in [1.29, 1.82) is 0 Å². The van der Waals surface area contributed by atoms with Crippen LogP contribution in [0.15, 0.2) is 24.3 Å². The number of benzene rings is 1. The molecule has 0 N–H and O–H groups in total. The first kappa shape index (κ1) is 19.3. The third-order valence-corrected chi connectivity index (χ3v) is 4.44. The molecule has 2 atom stereocenters. The van der Waals surface area contributed by atoms with Gasteiger partial charge in [0.25, 0.3) is 0 Å². The second-order valence-corrected chi connectivity index (χ2v) is 7.54. The highest BCUT2D eigenvalue weighted by Gasteiger charge is 2.39. The quantitative estimate of drug-likeness (QED) is 0.778. The first-order valence-corrected chi connectivity index (χ1v) is 8.93. The molecule has 0 saturated carbocycles. The van der Waals surface area contributed by atoms with Crippen LogP contribution in [0.5, 0.6) is 0 Å². The van der Waals surface area contributed by atoms with Crippen molar-refractivity contribution in [1.82, 2.24) is 4.90 Å². The highest BCUT2D eigenvalue weighted by atomic mass is 16.6. The Morgan fingerprint density at radius 1 is 1.24 bits per heavy atom. The Balaban J connectivity index is 2.25. The number of esters is 1. The predicted octanol–water partition coefficient (Wildman–Crippen LogP) is 3.90. The Kier molecular flexibility index (Phi) is 6.09. The molecule has 5 nitrogen and oxygen atoms in total. The van der Waals surface area contributed by atoms with Gasteiger partial charge in [-0.15, -0.1) is 0 Å². The lowest BCUT2D eigenvalue weighted by Crippen LogP contribution is -2.47. The van der Waals surface area contributed by atoms with Gasteiger partial charge in [0.15, 0.2) is 0 Å². The summed E-state index contributed by atoms with van der Waals surface area (Å²) in [6.07, 6.45) is 0.255. The number of carbonyl (C=O) groups excluding carboxylic acids is 2. The van der Waals surface area contributed by atoms with Crippen molar-refractivity contribution in [3.05, 3.63) is 35.4 Å². The van der Waals surface area contributed by atoms with E-state index in [1.807, 2.05) is 58.9 Å². The minimum absolute atomic E-state index is 0.0819. The van der Waals surface area contributed by atoms with Gasteiger partial charge in [0.2, 0.25) is 0 Å². The van der Waals surface area contributed by atoms with E-state index in [0.29, 0.717) is 26.1 Å². The average Bonchev–Trinajstić information content (AvgIpc) is 2.53. The molecule has 5 heteroatoms. The zero-order valence-corrected chi connectivity index (χ0v) is 15.9. The molecule has 138 valence electrons. The number of likely N-dealkylation sites (tertiary alicyclic amines) is 1. The van der Waals surface area contributed by atoms with Gasteiger partial charge in [-0.2, -0.15) is 0 Å². The summed E-state index contributed by atoms with van der Waals surface area (Å²) in [5.74, 6) is -0.499. The summed E-state index contributed by atoms with van der Waals surface area (Å²) in [4.78, 5) is 26.6. The van der Waals surface area contributed by atoms with E-state index in [1.165, 1.54) is 0 Å². The number of amides is 1. The van der Waals surface area contributed by atoms with Crippen LogP contribution in [-0.2, 0) is 14.3 Å². The van der Waals surface area contributed by atoms with Crippen molar-refractivity contribution in [2.75, 3.05) is 19.7 Å². The standard InChI is InChI=1S/C20H29NO4/c1-6-24-18(22)16-11-12-21(19(23)25-20(3,4)5)13-17(16)15-10-8-7-9-14(15)2/h7-10,16-17H,6,11-13H2,1-5H3. The zero-order valence-electron chi connectivity index (χ0n) is 15.9. The van der Waals surface area contributed by atoms with Crippen molar-refractivity contribution >= 4 is 12.1 Å². The van der Waals surface area contributed by atoms with Crippen molar-refractivity contribution in [2.24, 2.45) is 5.92 Å². The maximum Gasteiger partial charge on any atom is 0.410 e. The van der Waals surface area contributed by atoms with E-state index in [9.17, 15) is 9.59 Å². The molecule has 2 unspecified atom stereocenters. The third kappa shape index (κ3) is 4.97. The lowest BCUT2D eigenvalue weighted by Gasteiger charge is -2.38. The molecule has 0 aromatic heterocycles. The van der Waals surface area contributed by atoms with E-state index in [2.05, 4.69) is 0 Å². The molecule has 0 spiro atoms. The summed E-state index contributed by atoms with van der Waals surface area (Å²) < 4.78 is 10.8. The number of hydrogen-bond acceptors (Lipinski definition) is 4. The van der Waals surface area contributed by atoms with Crippen molar-refractivity contribution in [2.45, 2.75) is 52.6 Å². The number of aryl methyl sites for hydroxylation is 1. The van der Waals surface area contributed by atoms with Gasteiger partial charge in [0, 0.05) is 19.0 Å². The molecular weight excluding hydrogens is 318 g/mol. The average molecular weight is 347 g/mol. The molecule has 1 aliphatic rings. The van der Waals surface area contributed by atoms with E-state index >= 15 is 0 Å². The number of carbonyl (C=O) groups is 2. The van der Waals surface area contributed by atoms with Crippen LogP contribution >= 0.6 is 0 Å². The Hall–Kier alpha value is -2.04. The smallest absolute Gasteiger partial charge is 0.410 e. The fourth-order valence-corrected chi connectivity index (χ4v) is 3.29. The van der Waals surface area contributed by atoms with Gasteiger partial charge in [-0.3, -0.25) is 4.79 Å². The summed E-state index contributed by atoms with van der Waals surface area (Å²) in [7, 11) is 0. The molecular formula is C20H29NO4. The molecule has 2 rings (SSSR count). The van der Waals surface area contributed by atoms with E-state index < -0.39 is 5.60 Å². The highest BCUT2D eigenvalue weighted by Crippen LogP contribution is 2.35. The molecule has 1 heterocycles. The predicted molar refractivity (Wildman–Crippen MR) is 96.5 cm³/mol. The van der Waals surface area contributed by atoms with Crippen LogP contribution in [0.2, 0.25) is 0 Å². The Labute approximate surface area is 150 Å². The molecule has 1 aliphatic heterocycles. The van der Waals surface area contributed by atoms with E-state index in [4.69, 9.17) is 9.47 Å². The van der Waals surface area contributed by atoms with Gasteiger partial charge in [-0.1, -0.05) is 24.3 Å². The Morgan fingerprint density at radius 2 is 1.92 bits per heavy atom. The summed E-state index contributed by atoms with van der Waals surface area (Å²) in [5.41, 5.74) is 1.68. The van der Waals surface area contributed by atoms with E-state index in [0.717, 1.165) is 11.1 Å². The summed E-state index contributed by atoms with van der Waals surface area (Å²) in [6.45, 7) is 10.7. The van der Waals surface area contributed by atoms with Crippen LogP contribution in [-0.4, -0.2) is 42.3 Å². The van der Waals surface area contributed by atoms with Crippen LogP contribution < -0.4 is 0 Å². The minimum atomic E-state index is -0.534. The van der Waals surface area contributed by atoms with Gasteiger partial charge in [0.05, 0.1) is 12.5 Å². The molecule has 1 saturated heterocycles. The van der Waals surface area contributed by atoms with Gasteiger partial charge in [0.1, 0.15) is 5.60 Å². The molecule has 0 aliphatic carbocycles. The fraction of sp³-hybridized carbons (Fsp3) is 0.600. The maximum atomic E-state index is 12.5. The highest BCUT2D eigenvalue weighted by molar-refractivity contribution is 5.75. The number of hydrogen-bond donors (Lipinski definition) is 0. The van der Waals surface area contributed by atoms with Crippen molar-refractivity contribution in [3.8, 4) is 0 Å². The van der Waals surface area contributed by atoms with Crippen molar-refractivity contribution < 1.29 is 19.1 Å². The summed E-state index contributed by atoms with van der Waals surface area (Å²) in [5, 5.41) is 0. The summed E-state index contributed by atoms with van der Waals surface area (Å²) >= 11 is 0. The third-order valence-electron chi connectivity index (χ3n) is 4.44. The van der Waals surface area contributed by atoms with Crippen LogP contribution in [0.4, 0.5) is 4.79 Å². The monoisotopic (exact) mass is 347 g/mol. The van der Waals surface area contributed by atoms with Crippen LogP contribution in [0.25, 0.3) is 0 Å². The zero-order chi connectivity index (χ0) is 18.6. The van der Waals surface area contributed by atoms with Crippen LogP contribution in [0.3, 0.4) is 0 Å². The van der Waals surface area contributed by atoms with Crippen LogP contribution in [0.1, 0.15) is 51.2 Å². The first-order valence-electron chi connectivity index (χ1n) is 8.93. The van der Waals surface area contributed by atoms with Crippen LogP contribution in [0, 0.1) is 12.8 Å². The van der Waals surface area contributed by atoms with Gasteiger partial charge in [-0.05, 0) is 52.2 Å². The normalized spacial score (nSPS) is 20.9. The number of ether oxygens (including phenoxy) is 2. The minimum Gasteiger partial charge on any atom is -0.466 e. The maximum absolute atomic E-state index is 12.5. The van der Waals surface area contributed by atoms with E-state index in [-0.39, 0.29) is 23.9 Å². The Morgan fingerprint density at radius 3 is 2.52 bits per heavy atom. The number of nitrogens with zero attached hydrogens (tertiary/aromatic N) is 1. The Bertz CT molecular complexity index is 620. The molecule has 1 fully saturated rings. The molecule has 0 radical (unpaired) electrons. The molecule has 0 bridgehead atoms. The molecule has 1 aromatic rings. The van der Waals surface area contributed by atoms with Gasteiger partial charge in [-0.25, -0.2) is 4.79 Å². The lowest BCUT2D eigenvalue weighted by molar-refractivity contribution is -0.150. The largest absolute Gasteiger partial charge is 0.466 e. The number of rotatable bonds is 3. The fourth-order valence-electron chi connectivity index (χ4n) is 3.29. The first-order chi connectivity index (χ1) is 11.7. The van der Waals surface area contributed by atoms with Gasteiger partial charge < -0.3 is 14.4 Å². The van der Waals surface area contributed by atoms with Crippen molar-refractivity contribution in [3.63, 3.8) is 0 Å². The second-order valence-electron chi connectivity index (χ2n) is 7.54. The lowest BCUT2D eigenvalue weighted by atomic mass is 9.79. The molecule has 1 amide bonds.